The van der Waals surface area contributed by atoms with Gasteiger partial charge in [0.15, 0.2) is 5.78 Å². The van der Waals surface area contributed by atoms with Crippen LogP contribution < -0.4 is 0 Å². The van der Waals surface area contributed by atoms with Crippen LogP contribution in [0.15, 0.2) is 46.9 Å². The summed E-state index contributed by atoms with van der Waals surface area (Å²) < 4.78 is 2.05. The van der Waals surface area contributed by atoms with Crippen molar-refractivity contribution in [1.29, 1.82) is 0 Å². The lowest BCUT2D eigenvalue weighted by Gasteiger charge is -2.05. The topological polar surface area (TPSA) is 17.1 Å². The highest BCUT2D eigenvalue weighted by atomic mass is 127. The molecule has 2 aromatic rings. The fraction of sp³-hybridized carbons (Fsp3) is 0.133. The summed E-state index contributed by atoms with van der Waals surface area (Å²) in [6.45, 7) is 2.01. The summed E-state index contributed by atoms with van der Waals surface area (Å²) in [5.74, 6) is 0.142. The summed E-state index contributed by atoms with van der Waals surface area (Å²) >= 11 is 5.71. The van der Waals surface area contributed by atoms with Crippen LogP contribution in [0.1, 0.15) is 21.5 Å². The van der Waals surface area contributed by atoms with Crippen molar-refractivity contribution in [2.24, 2.45) is 0 Å². The summed E-state index contributed by atoms with van der Waals surface area (Å²) in [5.41, 5.74) is 2.94. The third-order valence-electron chi connectivity index (χ3n) is 2.70. The zero-order valence-corrected chi connectivity index (χ0v) is 13.7. The summed E-state index contributed by atoms with van der Waals surface area (Å²) in [6, 6.07) is 13.9. The molecule has 3 heteroatoms. The van der Waals surface area contributed by atoms with E-state index in [1.54, 1.807) is 0 Å². The summed E-state index contributed by atoms with van der Waals surface area (Å²) in [6.07, 6.45) is 0.443. The van der Waals surface area contributed by atoms with E-state index in [1.165, 1.54) is 3.57 Å². The Hall–Kier alpha value is -0.680. The molecule has 2 rings (SSSR count). The fourth-order valence-electron chi connectivity index (χ4n) is 1.73. The van der Waals surface area contributed by atoms with E-state index in [2.05, 4.69) is 38.5 Å². The Balaban J connectivity index is 2.19. The van der Waals surface area contributed by atoms with E-state index in [9.17, 15) is 4.79 Å². The molecule has 0 unspecified atom stereocenters. The first kappa shape index (κ1) is 13.7. The standard InChI is InChI=1S/C15H12BrIO/c1-10-2-7-13(14(16)8-10)15(18)9-11-3-5-12(17)6-4-11/h2-8H,9H2,1H3. The van der Waals surface area contributed by atoms with Crippen LogP contribution in [0.25, 0.3) is 0 Å². The molecule has 0 saturated carbocycles. The Morgan fingerprint density at radius 1 is 1.17 bits per heavy atom. The molecular formula is C15H12BrIO. The van der Waals surface area contributed by atoms with Crippen molar-refractivity contribution in [1.82, 2.24) is 0 Å². The van der Waals surface area contributed by atoms with Crippen molar-refractivity contribution in [2.75, 3.05) is 0 Å². The first-order valence-corrected chi connectivity index (χ1v) is 7.47. The zero-order valence-electron chi connectivity index (χ0n) is 9.91. The van der Waals surface area contributed by atoms with Crippen LogP contribution in [0.3, 0.4) is 0 Å². The molecule has 0 amide bonds. The van der Waals surface area contributed by atoms with Crippen molar-refractivity contribution in [3.05, 3.63) is 67.2 Å². The Morgan fingerprint density at radius 2 is 1.83 bits per heavy atom. The lowest BCUT2D eigenvalue weighted by atomic mass is 10.0. The van der Waals surface area contributed by atoms with Gasteiger partial charge in [-0.05, 0) is 64.9 Å². The number of carbonyl (C=O) groups excluding carboxylic acids is 1. The van der Waals surface area contributed by atoms with Gasteiger partial charge in [-0.1, -0.05) is 34.1 Å². The van der Waals surface area contributed by atoms with Gasteiger partial charge in [-0.15, -0.1) is 0 Å². The van der Waals surface area contributed by atoms with Gasteiger partial charge in [0.1, 0.15) is 0 Å². The van der Waals surface area contributed by atoms with Crippen LogP contribution in [0, 0.1) is 10.5 Å². The Bertz CT molecular complexity index is 576. The van der Waals surface area contributed by atoms with Gasteiger partial charge >= 0.3 is 0 Å². The van der Waals surface area contributed by atoms with Gasteiger partial charge in [0.25, 0.3) is 0 Å². The lowest BCUT2D eigenvalue weighted by molar-refractivity contribution is 0.0992. The molecule has 0 bridgehead atoms. The summed E-state index contributed by atoms with van der Waals surface area (Å²) in [5, 5.41) is 0. The molecule has 0 atom stereocenters. The molecule has 92 valence electrons. The number of Topliss-reactive ketones (excluding diaryl/α,β-unsaturated/α-hetero) is 1. The Labute approximate surface area is 129 Å². The third kappa shape index (κ3) is 3.42. The SMILES string of the molecule is Cc1ccc(C(=O)Cc2ccc(I)cc2)c(Br)c1. The van der Waals surface area contributed by atoms with E-state index in [-0.39, 0.29) is 5.78 Å². The van der Waals surface area contributed by atoms with Crippen LogP contribution in [0.4, 0.5) is 0 Å². The number of carbonyl (C=O) groups is 1. The number of halogens is 2. The molecule has 2 aromatic carbocycles. The second kappa shape index (κ2) is 5.97. The molecule has 18 heavy (non-hydrogen) atoms. The molecule has 0 fully saturated rings. The number of aryl methyl sites for hydroxylation is 1. The van der Waals surface area contributed by atoms with E-state index in [0.29, 0.717) is 6.42 Å². The molecule has 0 heterocycles. The third-order valence-corrected chi connectivity index (χ3v) is 4.08. The van der Waals surface area contributed by atoms with E-state index < -0.39 is 0 Å². The number of hydrogen-bond donors (Lipinski definition) is 0. The highest BCUT2D eigenvalue weighted by Gasteiger charge is 2.10. The Kier molecular flexibility index (Phi) is 4.56. The van der Waals surface area contributed by atoms with E-state index in [0.717, 1.165) is 21.2 Å². The maximum Gasteiger partial charge on any atom is 0.168 e. The monoisotopic (exact) mass is 414 g/mol. The molecule has 0 spiro atoms. The largest absolute Gasteiger partial charge is 0.294 e. The minimum atomic E-state index is 0.142. The molecule has 0 aliphatic rings. The second-order valence-electron chi connectivity index (χ2n) is 4.21. The number of ketones is 1. The molecule has 0 radical (unpaired) electrons. The fourth-order valence-corrected chi connectivity index (χ4v) is 2.80. The van der Waals surface area contributed by atoms with Crippen molar-refractivity contribution in [3.63, 3.8) is 0 Å². The predicted octanol–water partition coefficient (Wildman–Crippen LogP) is 4.79. The van der Waals surface area contributed by atoms with Crippen molar-refractivity contribution >= 4 is 44.3 Å². The van der Waals surface area contributed by atoms with Gasteiger partial charge in [0.2, 0.25) is 0 Å². The maximum atomic E-state index is 12.2. The van der Waals surface area contributed by atoms with Crippen molar-refractivity contribution in [3.8, 4) is 0 Å². The molecule has 0 N–H and O–H groups in total. The lowest BCUT2D eigenvalue weighted by Crippen LogP contribution is -2.04. The minimum Gasteiger partial charge on any atom is -0.294 e. The van der Waals surface area contributed by atoms with Crippen LogP contribution in [-0.2, 0) is 6.42 Å². The highest BCUT2D eigenvalue weighted by molar-refractivity contribution is 14.1. The van der Waals surface area contributed by atoms with Gasteiger partial charge in [0.05, 0.1) is 0 Å². The summed E-state index contributed by atoms with van der Waals surface area (Å²) in [4.78, 5) is 12.2. The number of rotatable bonds is 3. The van der Waals surface area contributed by atoms with Crippen molar-refractivity contribution in [2.45, 2.75) is 13.3 Å². The van der Waals surface area contributed by atoms with E-state index in [4.69, 9.17) is 0 Å². The van der Waals surface area contributed by atoms with Crippen LogP contribution in [0.2, 0.25) is 0 Å². The maximum absolute atomic E-state index is 12.2. The van der Waals surface area contributed by atoms with Gasteiger partial charge in [-0.25, -0.2) is 0 Å². The molecule has 0 aliphatic carbocycles. The summed E-state index contributed by atoms with van der Waals surface area (Å²) in [7, 11) is 0. The number of benzene rings is 2. The number of hydrogen-bond acceptors (Lipinski definition) is 1. The average molecular weight is 415 g/mol. The minimum absolute atomic E-state index is 0.142. The molecule has 0 aliphatic heterocycles. The van der Waals surface area contributed by atoms with E-state index >= 15 is 0 Å². The first-order valence-electron chi connectivity index (χ1n) is 5.60. The quantitative estimate of drug-likeness (QED) is 0.521. The smallest absolute Gasteiger partial charge is 0.168 e. The van der Waals surface area contributed by atoms with Gasteiger partial charge in [-0.2, -0.15) is 0 Å². The molecule has 0 aromatic heterocycles. The van der Waals surface area contributed by atoms with Crippen LogP contribution >= 0.6 is 38.5 Å². The van der Waals surface area contributed by atoms with Crippen molar-refractivity contribution < 1.29 is 4.79 Å². The zero-order chi connectivity index (χ0) is 13.1. The van der Waals surface area contributed by atoms with Gasteiger partial charge < -0.3 is 0 Å². The van der Waals surface area contributed by atoms with Gasteiger partial charge in [0, 0.05) is 20.0 Å². The second-order valence-corrected chi connectivity index (χ2v) is 6.31. The Morgan fingerprint density at radius 3 is 2.44 bits per heavy atom. The normalized spacial score (nSPS) is 10.4. The predicted molar refractivity (Wildman–Crippen MR) is 86.1 cm³/mol. The van der Waals surface area contributed by atoms with Crippen LogP contribution in [-0.4, -0.2) is 5.78 Å². The molecular weight excluding hydrogens is 403 g/mol. The van der Waals surface area contributed by atoms with Gasteiger partial charge in [-0.3, -0.25) is 4.79 Å². The molecule has 0 saturated heterocycles. The highest BCUT2D eigenvalue weighted by Crippen LogP contribution is 2.20. The first-order chi connectivity index (χ1) is 8.56. The molecule has 1 nitrogen and oxygen atoms in total. The van der Waals surface area contributed by atoms with E-state index in [1.807, 2.05) is 49.4 Å². The average Bonchev–Trinajstić information content (AvgIpc) is 2.32. The van der Waals surface area contributed by atoms with Crippen LogP contribution in [0.5, 0.6) is 0 Å².